The Balaban J connectivity index is 1.13. The van der Waals surface area contributed by atoms with Crippen LogP contribution in [0.15, 0.2) is 152 Å². The Morgan fingerprint density at radius 1 is 0.349 bits per heavy atom. The number of aromatic hydroxyl groups is 6. The molecule has 0 aliphatic carbocycles. The van der Waals surface area contributed by atoms with Crippen molar-refractivity contribution in [2.75, 3.05) is 0 Å². The molecule has 6 N–H and O–H groups in total. The zero-order chi connectivity index (χ0) is 42.7. The van der Waals surface area contributed by atoms with Crippen molar-refractivity contribution in [3.05, 3.63) is 152 Å². The highest BCUT2D eigenvalue weighted by Gasteiger charge is 2.32. The number of aromatic nitrogens is 5. The lowest BCUT2D eigenvalue weighted by Crippen LogP contribution is -2.00. The summed E-state index contributed by atoms with van der Waals surface area (Å²) in [6.45, 7) is 0. The number of phenolic OH excluding ortho intramolecular Hbond substituents is 6. The molecule has 8 aromatic carbocycles. The first-order valence-corrected chi connectivity index (χ1v) is 20.8. The maximum absolute atomic E-state index is 12.5. The van der Waals surface area contributed by atoms with Gasteiger partial charge in [0.2, 0.25) is 0 Å². The van der Waals surface area contributed by atoms with Gasteiger partial charge in [-0.15, -0.1) is 11.3 Å². The van der Waals surface area contributed by atoms with Gasteiger partial charge in [0.25, 0.3) is 0 Å². The first-order valence-electron chi connectivity index (χ1n) is 20.0. The fourth-order valence-electron chi connectivity index (χ4n) is 9.08. The second-order valence-corrected chi connectivity index (χ2v) is 16.3. The SMILES string of the molecule is Oc1c(-n2c3ccccc3c3c(-n4c5ccccc5c5ccccc54)cccc32)c(O)c2c(sc3c(O)c(-c4nc(-c5ccccc5)nc(-c5ccccc5)n4)c(O)c(O)c32)c1O. The lowest BCUT2D eigenvalue weighted by Gasteiger charge is -2.16. The van der Waals surface area contributed by atoms with Crippen molar-refractivity contribution >= 4 is 75.1 Å². The van der Waals surface area contributed by atoms with Crippen molar-refractivity contribution in [3.63, 3.8) is 0 Å². The predicted octanol–water partition coefficient (Wildman–Crippen LogP) is 11.7. The van der Waals surface area contributed by atoms with Gasteiger partial charge in [-0.2, -0.15) is 0 Å². The lowest BCUT2D eigenvalue weighted by molar-refractivity contribution is 0.400. The normalized spacial score (nSPS) is 11.9. The number of thiophene rings is 1. The number of phenols is 6. The lowest BCUT2D eigenvalue weighted by atomic mass is 10.0. The number of para-hydroxylation sites is 3. The summed E-state index contributed by atoms with van der Waals surface area (Å²) in [5.41, 5.74) is 4.92. The van der Waals surface area contributed by atoms with Crippen molar-refractivity contribution < 1.29 is 30.6 Å². The molecule has 12 rings (SSSR count). The van der Waals surface area contributed by atoms with E-state index in [0.717, 1.165) is 49.6 Å². The molecule has 11 nitrogen and oxygen atoms in total. The minimum atomic E-state index is -0.759. The molecule has 12 aromatic rings. The van der Waals surface area contributed by atoms with Crippen LogP contribution in [-0.4, -0.2) is 54.7 Å². The molecule has 4 heterocycles. The third-order valence-corrected chi connectivity index (χ3v) is 13.0. The van der Waals surface area contributed by atoms with Gasteiger partial charge in [0.15, 0.2) is 46.2 Å². The van der Waals surface area contributed by atoms with E-state index in [1.54, 1.807) is 4.57 Å². The van der Waals surface area contributed by atoms with Gasteiger partial charge in [-0.25, -0.2) is 15.0 Å². The Morgan fingerprint density at radius 3 is 1.43 bits per heavy atom. The molecule has 302 valence electrons. The summed E-state index contributed by atoms with van der Waals surface area (Å²) in [7, 11) is 0. The largest absolute Gasteiger partial charge is 0.506 e. The van der Waals surface area contributed by atoms with Gasteiger partial charge in [0.1, 0.15) is 17.0 Å². The summed E-state index contributed by atoms with van der Waals surface area (Å²) in [5, 5.41) is 75.8. The summed E-state index contributed by atoms with van der Waals surface area (Å²) < 4.78 is 3.84. The van der Waals surface area contributed by atoms with E-state index >= 15 is 0 Å². The first kappa shape index (κ1) is 36.3. The molecular formula is C51H31N5O6S. The van der Waals surface area contributed by atoms with Crippen LogP contribution in [0.3, 0.4) is 0 Å². The smallest absolute Gasteiger partial charge is 0.187 e. The number of benzene rings is 8. The molecule has 63 heavy (non-hydrogen) atoms. The van der Waals surface area contributed by atoms with Gasteiger partial charge < -0.3 is 39.8 Å². The molecule has 0 aliphatic rings. The number of hydrogen-bond donors (Lipinski definition) is 6. The minimum Gasteiger partial charge on any atom is -0.506 e. The fourth-order valence-corrected chi connectivity index (χ4v) is 10.3. The van der Waals surface area contributed by atoms with Crippen LogP contribution in [0.2, 0.25) is 0 Å². The summed E-state index contributed by atoms with van der Waals surface area (Å²) in [6.07, 6.45) is 0. The quantitative estimate of drug-likeness (QED) is 0.0729. The van der Waals surface area contributed by atoms with E-state index in [2.05, 4.69) is 38.8 Å². The Bertz CT molecular complexity index is 3770. The van der Waals surface area contributed by atoms with Gasteiger partial charge in [-0.05, 0) is 30.3 Å². The van der Waals surface area contributed by atoms with E-state index in [1.165, 1.54) is 0 Å². The van der Waals surface area contributed by atoms with E-state index in [1.807, 2.05) is 127 Å². The monoisotopic (exact) mass is 841 g/mol. The second kappa shape index (κ2) is 13.4. The Kier molecular flexibility index (Phi) is 7.74. The molecule has 0 radical (unpaired) electrons. The standard InChI is InChI=1S/C51H31N5O6S/c57-41-37-38-42(58)43(59)39(51-53-49(26-14-3-1-4-15-26)52-50(54-51)27-16-5-2-6-17-27)44(60)47(38)63-48(37)46(62)45(61)40(41)56-33-23-12-9-20-30(33)36-34(24-13-25-35(36)56)55-31-21-10-7-18-28(31)29-19-8-11-22-32(29)55/h1-25,57-62H. The zero-order valence-corrected chi connectivity index (χ0v) is 33.6. The molecule has 0 saturated heterocycles. The molecular weight excluding hydrogens is 811 g/mol. The van der Waals surface area contributed by atoms with Crippen molar-refractivity contribution in [1.29, 1.82) is 0 Å². The number of nitrogens with zero attached hydrogens (tertiary/aromatic N) is 5. The Morgan fingerprint density at radius 2 is 0.825 bits per heavy atom. The third-order valence-electron chi connectivity index (χ3n) is 11.8. The highest BCUT2D eigenvalue weighted by atomic mass is 32.1. The van der Waals surface area contributed by atoms with Crippen LogP contribution >= 0.6 is 11.3 Å². The van der Waals surface area contributed by atoms with Gasteiger partial charge in [0.05, 0.1) is 47.9 Å². The second-order valence-electron chi connectivity index (χ2n) is 15.3. The minimum absolute atomic E-state index is 0.00347. The van der Waals surface area contributed by atoms with Crippen LogP contribution in [0.1, 0.15) is 0 Å². The van der Waals surface area contributed by atoms with Crippen molar-refractivity contribution in [3.8, 4) is 80.0 Å². The Hall–Kier alpha value is -8.61. The highest BCUT2D eigenvalue weighted by molar-refractivity contribution is 7.26. The van der Waals surface area contributed by atoms with Crippen LogP contribution in [0.25, 0.3) is 109 Å². The molecule has 0 unspecified atom stereocenters. The maximum Gasteiger partial charge on any atom is 0.187 e. The van der Waals surface area contributed by atoms with Crippen LogP contribution in [0.4, 0.5) is 0 Å². The molecule has 0 atom stereocenters. The van der Waals surface area contributed by atoms with Crippen LogP contribution in [0, 0.1) is 0 Å². The topological polar surface area (TPSA) is 170 Å². The van der Waals surface area contributed by atoms with Crippen molar-refractivity contribution in [1.82, 2.24) is 24.1 Å². The number of hydrogen-bond acceptors (Lipinski definition) is 10. The highest BCUT2D eigenvalue weighted by Crippen LogP contribution is 2.60. The van der Waals surface area contributed by atoms with Crippen molar-refractivity contribution in [2.45, 2.75) is 0 Å². The van der Waals surface area contributed by atoms with Crippen LogP contribution < -0.4 is 0 Å². The van der Waals surface area contributed by atoms with Gasteiger partial charge >= 0.3 is 0 Å². The molecule has 12 heteroatoms. The zero-order valence-electron chi connectivity index (χ0n) is 32.8. The summed E-state index contributed by atoms with van der Waals surface area (Å²) in [5.74, 6) is -3.32. The van der Waals surface area contributed by atoms with Gasteiger partial charge in [-0.3, -0.25) is 0 Å². The molecule has 0 spiro atoms. The van der Waals surface area contributed by atoms with E-state index in [4.69, 9.17) is 4.98 Å². The number of fused-ring (bicyclic) bond motifs is 9. The van der Waals surface area contributed by atoms with E-state index < -0.39 is 34.5 Å². The molecule has 0 bridgehead atoms. The molecule has 4 aromatic heterocycles. The molecule has 0 fully saturated rings. The third kappa shape index (κ3) is 5.09. The fraction of sp³-hybridized carbons (Fsp3) is 0. The molecule has 0 saturated carbocycles. The van der Waals surface area contributed by atoms with E-state index in [0.29, 0.717) is 22.2 Å². The van der Waals surface area contributed by atoms with Gasteiger partial charge in [0, 0.05) is 32.7 Å². The van der Waals surface area contributed by atoms with Crippen LogP contribution in [-0.2, 0) is 0 Å². The van der Waals surface area contributed by atoms with E-state index in [9.17, 15) is 30.6 Å². The van der Waals surface area contributed by atoms with E-state index in [-0.39, 0.29) is 48.9 Å². The molecule has 0 aliphatic heterocycles. The average molecular weight is 842 g/mol. The van der Waals surface area contributed by atoms with Crippen molar-refractivity contribution in [2.24, 2.45) is 0 Å². The predicted molar refractivity (Wildman–Crippen MR) is 248 cm³/mol. The first-order chi connectivity index (χ1) is 30.8. The Labute approximate surface area is 360 Å². The summed E-state index contributed by atoms with van der Waals surface area (Å²) in [6, 6.07) is 48.1. The number of rotatable bonds is 5. The van der Waals surface area contributed by atoms with Gasteiger partial charge in [-0.1, -0.05) is 121 Å². The molecule has 0 amide bonds. The maximum atomic E-state index is 12.5. The average Bonchev–Trinajstić information content (AvgIpc) is 4.00. The van der Waals surface area contributed by atoms with Crippen LogP contribution in [0.5, 0.6) is 34.5 Å². The summed E-state index contributed by atoms with van der Waals surface area (Å²) in [4.78, 5) is 14.0. The summed E-state index contributed by atoms with van der Waals surface area (Å²) >= 11 is 0.817.